The van der Waals surface area contributed by atoms with E-state index in [4.69, 9.17) is 0 Å². The molecule has 0 radical (unpaired) electrons. The molecule has 1 aliphatic rings. The molecule has 2 atom stereocenters. The average molecular weight is 315 g/mol. The summed E-state index contributed by atoms with van der Waals surface area (Å²) < 4.78 is 13.4. The molecule has 1 amide bonds. The minimum atomic E-state index is -0.232. The standard InChI is InChI=1S/C16H23FN2O.ClH/c1-12-8-10-19(15(20)7-4-9-18-2)16(12)13-5-3-6-14(17)11-13;/h3,5-6,11-12,16,18H,4,7-10H2,1-2H3;1H. The Balaban J connectivity index is 0.00000220. The fourth-order valence-electron chi connectivity index (χ4n) is 2.99. The monoisotopic (exact) mass is 314 g/mol. The lowest BCUT2D eigenvalue weighted by Crippen LogP contribution is -2.32. The summed E-state index contributed by atoms with van der Waals surface area (Å²) in [6.45, 7) is 3.76. The fourth-order valence-corrected chi connectivity index (χ4v) is 2.99. The second-order valence-corrected chi connectivity index (χ2v) is 5.56. The highest BCUT2D eigenvalue weighted by Crippen LogP contribution is 2.37. The number of likely N-dealkylation sites (tertiary alicyclic amines) is 1. The van der Waals surface area contributed by atoms with E-state index in [0.29, 0.717) is 12.3 Å². The van der Waals surface area contributed by atoms with E-state index in [0.717, 1.165) is 31.5 Å². The molecule has 3 nitrogen and oxygen atoms in total. The molecule has 0 aromatic heterocycles. The Hall–Kier alpha value is -1.13. The molecule has 5 heteroatoms. The van der Waals surface area contributed by atoms with Crippen LogP contribution in [0, 0.1) is 11.7 Å². The zero-order valence-electron chi connectivity index (χ0n) is 12.6. The first-order valence-corrected chi connectivity index (χ1v) is 7.33. The molecule has 0 spiro atoms. The first-order valence-electron chi connectivity index (χ1n) is 7.33. The van der Waals surface area contributed by atoms with Gasteiger partial charge in [0.05, 0.1) is 6.04 Å². The van der Waals surface area contributed by atoms with Crippen LogP contribution in [0.1, 0.15) is 37.8 Å². The molecular weight excluding hydrogens is 291 g/mol. The van der Waals surface area contributed by atoms with Crippen LogP contribution in [0.25, 0.3) is 0 Å². The number of nitrogens with zero attached hydrogens (tertiary/aromatic N) is 1. The molecule has 1 saturated heterocycles. The lowest BCUT2D eigenvalue weighted by atomic mass is 9.95. The molecule has 21 heavy (non-hydrogen) atoms. The van der Waals surface area contributed by atoms with Gasteiger partial charge in [0.15, 0.2) is 0 Å². The van der Waals surface area contributed by atoms with Gasteiger partial charge in [0.2, 0.25) is 5.91 Å². The van der Waals surface area contributed by atoms with Gasteiger partial charge < -0.3 is 10.2 Å². The van der Waals surface area contributed by atoms with E-state index < -0.39 is 0 Å². The summed E-state index contributed by atoms with van der Waals surface area (Å²) in [5.74, 6) is 0.327. The molecule has 1 aliphatic heterocycles. The van der Waals surface area contributed by atoms with Crippen molar-refractivity contribution >= 4 is 18.3 Å². The molecule has 2 rings (SSSR count). The first-order chi connectivity index (χ1) is 9.63. The van der Waals surface area contributed by atoms with Gasteiger partial charge in [-0.3, -0.25) is 4.79 Å². The average Bonchev–Trinajstić information content (AvgIpc) is 2.81. The second-order valence-electron chi connectivity index (χ2n) is 5.56. The maximum absolute atomic E-state index is 13.4. The van der Waals surface area contributed by atoms with E-state index >= 15 is 0 Å². The van der Waals surface area contributed by atoms with E-state index in [-0.39, 0.29) is 30.2 Å². The lowest BCUT2D eigenvalue weighted by molar-refractivity contribution is -0.132. The van der Waals surface area contributed by atoms with Crippen LogP contribution in [0.15, 0.2) is 24.3 Å². The van der Waals surface area contributed by atoms with E-state index in [1.165, 1.54) is 6.07 Å². The zero-order valence-corrected chi connectivity index (χ0v) is 13.5. The molecule has 0 bridgehead atoms. The lowest BCUT2D eigenvalue weighted by Gasteiger charge is -2.27. The number of carbonyl (C=O) groups excluding carboxylic acids is 1. The van der Waals surface area contributed by atoms with Gasteiger partial charge in [0.1, 0.15) is 5.82 Å². The number of hydrogen-bond donors (Lipinski definition) is 1. The maximum Gasteiger partial charge on any atom is 0.223 e. The Morgan fingerprint density at radius 2 is 2.24 bits per heavy atom. The fraction of sp³-hybridized carbons (Fsp3) is 0.562. The van der Waals surface area contributed by atoms with E-state index in [1.807, 2.05) is 18.0 Å². The molecule has 118 valence electrons. The minimum Gasteiger partial charge on any atom is -0.335 e. The van der Waals surface area contributed by atoms with E-state index in [1.54, 1.807) is 12.1 Å². The summed E-state index contributed by atoms with van der Waals surface area (Å²) in [6, 6.07) is 6.67. The zero-order chi connectivity index (χ0) is 14.5. The van der Waals surface area contributed by atoms with Crippen LogP contribution in [0.2, 0.25) is 0 Å². The summed E-state index contributed by atoms with van der Waals surface area (Å²) in [7, 11) is 1.89. The molecule has 1 N–H and O–H groups in total. The van der Waals surface area contributed by atoms with Crippen LogP contribution < -0.4 is 5.32 Å². The predicted octanol–water partition coefficient (Wildman–Crippen LogP) is 3.16. The largest absolute Gasteiger partial charge is 0.335 e. The van der Waals surface area contributed by atoms with Gasteiger partial charge in [0, 0.05) is 13.0 Å². The Kier molecular flexibility index (Phi) is 7.12. The smallest absolute Gasteiger partial charge is 0.223 e. The normalized spacial score (nSPS) is 21.2. The Bertz CT molecular complexity index is 469. The third-order valence-corrected chi connectivity index (χ3v) is 4.03. The van der Waals surface area contributed by atoms with Crippen LogP contribution in [0.5, 0.6) is 0 Å². The number of benzene rings is 1. The van der Waals surface area contributed by atoms with Crippen LogP contribution in [0.3, 0.4) is 0 Å². The SMILES string of the molecule is CNCCCC(=O)N1CCC(C)C1c1cccc(F)c1.Cl. The molecule has 1 fully saturated rings. The summed E-state index contributed by atoms with van der Waals surface area (Å²) >= 11 is 0. The van der Waals surface area contributed by atoms with Crippen LogP contribution >= 0.6 is 12.4 Å². The number of halogens is 2. The highest BCUT2D eigenvalue weighted by atomic mass is 35.5. The summed E-state index contributed by atoms with van der Waals surface area (Å²) in [5.41, 5.74) is 0.914. The van der Waals surface area contributed by atoms with Gasteiger partial charge in [-0.05, 0) is 50.0 Å². The maximum atomic E-state index is 13.4. The Morgan fingerprint density at radius 1 is 1.48 bits per heavy atom. The van der Waals surface area contributed by atoms with Gasteiger partial charge >= 0.3 is 0 Å². The van der Waals surface area contributed by atoms with Crippen molar-refractivity contribution < 1.29 is 9.18 Å². The van der Waals surface area contributed by atoms with Gasteiger partial charge in [0.25, 0.3) is 0 Å². The van der Waals surface area contributed by atoms with Crippen molar-refractivity contribution in [2.75, 3.05) is 20.1 Å². The van der Waals surface area contributed by atoms with Gasteiger partial charge in [-0.2, -0.15) is 0 Å². The molecule has 1 aromatic carbocycles. The van der Waals surface area contributed by atoms with Crippen molar-refractivity contribution in [1.82, 2.24) is 10.2 Å². The first kappa shape index (κ1) is 17.9. The molecule has 0 aliphatic carbocycles. The van der Waals surface area contributed by atoms with Crippen molar-refractivity contribution in [1.29, 1.82) is 0 Å². The van der Waals surface area contributed by atoms with Crippen LogP contribution in [-0.4, -0.2) is 30.9 Å². The van der Waals surface area contributed by atoms with Crippen LogP contribution in [-0.2, 0) is 4.79 Å². The second kappa shape index (κ2) is 8.35. The van der Waals surface area contributed by atoms with E-state index in [9.17, 15) is 9.18 Å². The number of nitrogens with one attached hydrogen (secondary N) is 1. The van der Waals surface area contributed by atoms with E-state index in [2.05, 4.69) is 12.2 Å². The number of rotatable bonds is 5. The quantitative estimate of drug-likeness (QED) is 0.847. The molecule has 1 heterocycles. The summed E-state index contributed by atoms with van der Waals surface area (Å²) in [4.78, 5) is 14.3. The van der Waals surface area contributed by atoms with Crippen LogP contribution in [0.4, 0.5) is 4.39 Å². The molecular formula is C16H24ClFN2O. The number of carbonyl (C=O) groups is 1. The summed E-state index contributed by atoms with van der Waals surface area (Å²) in [6.07, 6.45) is 2.38. The van der Waals surface area contributed by atoms with Crippen molar-refractivity contribution in [2.24, 2.45) is 5.92 Å². The molecule has 2 unspecified atom stereocenters. The summed E-state index contributed by atoms with van der Waals surface area (Å²) in [5, 5.41) is 3.05. The van der Waals surface area contributed by atoms with Gasteiger partial charge in [-0.1, -0.05) is 19.1 Å². The van der Waals surface area contributed by atoms with Crippen molar-refractivity contribution in [2.45, 2.75) is 32.2 Å². The Morgan fingerprint density at radius 3 is 2.90 bits per heavy atom. The van der Waals surface area contributed by atoms with Crippen molar-refractivity contribution in [3.05, 3.63) is 35.6 Å². The highest BCUT2D eigenvalue weighted by molar-refractivity contribution is 5.85. The topological polar surface area (TPSA) is 32.3 Å². The third kappa shape index (κ3) is 4.42. The highest BCUT2D eigenvalue weighted by Gasteiger charge is 2.35. The molecule has 1 aromatic rings. The molecule has 0 saturated carbocycles. The van der Waals surface area contributed by atoms with Gasteiger partial charge in [-0.15, -0.1) is 12.4 Å². The van der Waals surface area contributed by atoms with Gasteiger partial charge in [-0.25, -0.2) is 4.39 Å². The minimum absolute atomic E-state index is 0. The van der Waals surface area contributed by atoms with Crippen molar-refractivity contribution in [3.63, 3.8) is 0 Å². The van der Waals surface area contributed by atoms with Crippen molar-refractivity contribution in [3.8, 4) is 0 Å². The Labute approximate surface area is 132 Å². The number of hydrogen-bond acceptors (Lipinski definition) is 2. The predicted molar refractivity (Wildman–Crippen MR) is 85.0 cm³/mol. The number of amides is 1. The third-order valence-electron chi connectivity index (χ3n) is 4.03.